The highest BCUT2D eigenvalue weighted by atomic mass is 35.5. The second-order valence-electron chi connectivity index (χ2n) is 4.07. The maximum Gasteiger partial charge on any atom is 0.338 e. The molecule has 0 aliphatic carbocycles. The van der Waals surface area contributed by atoms with Crippen LogP contribution in [0.3, 0.4) is 0 Å². The summed E-state index contributed by atoms with van der Waals surface area (Å²) in [6.45, 7) is 3.48. The minimum Gasteiger partial charge on any atom is -0.478 e. The molecule has 0 unspecified atom stereocenters. The largest absolute Gasteiger partial charge is 0.478 e. The first kappa shape index (κ1) is 15.2. The van der Waals surface area contributed by atoms with Crippen LogP contribution in [0.5, 0.6) is 0 Å². The summed E-state index contributed by atoms with van der Waals surface area (Å²) < 4.78 is 0. The number of carboxylic acid groups (broad SMARTS) is 1. The molecule has 0 fully saturated rings. The lowest BCUT2D eigenvalue weighted by molar-refractivity contribution is 0.0697. The van der Waals surface area contributed by atoms with Crippen LogP contribution in [0.25, 0.3) is 0 Å². The summed E-state index contributed by atoms with van der Waals surface area (Å²) in [5, 5.41) is 14.5. The van der Waals surface area contributed by atoms with Gasteiger partial charge in [-0.05, 0) is 25.5 Å². The van der Waals surface area contributed by atoms with Crippen LogP contribution in [0.15, 0.2) is 12.3 Å². The van der Waals surface area contributed by atoms with Crippen molar-refractivity contribution in [1.82, 2.24) is 9.97 Å². The van der Waals surface area contributed by atoms with Gasteiger partial charge in [0.25, 0.3) is 0 Å². The van der Waals surface area contributed by atoms with Crippen molar-refractivity contribution in [1.29, 1.82) is 0 Å². The minimum absolute atomic E-state index is 0.0295. The Labute approximate surface area is 129 Å². The number of nitrogens with zero attached hydrogens (tertiary/aromatic N) is 2. The third-order valence-corrected chi connectivity index (χ3v) is 4.01. The Morgan fingerprint density at radius 3 is 2.67 bits per heavy atom. The number of carbonyl (C=O) groups is 2. The molecule has 0 saturated carbocycles. The molecule has 0 radical (unpaired) electrons. The third-order valence-electron chi connectivity index (χ3n) is 2.67. The molecule has 0 aliphatic heterocycles. The van der Waals surface area contributed by atoms with Crippen LogP contribution in [-0.4, -0.2) is 27.1 Å². The van der Waals surface area contributed by atoms with Gasteiger partial charge in [0.2, 0.25) is 5.95 Å². The van der Waals surface area contributed by atoms with Crippen molar-refractivity contribution < 1.29 is 14.7 Å². The average molecular weight is 327 g/mol. The summed E-state index contributed by atoms with van der Waals surface area (Å²) in [6.07, 6.45) is 1.40. The fraction of sp³-hybridized carbons (Fsp3) is 0.167. The van der Waals surface area contributed by atoms with Crippen LogP contribution < -0.4 is 10.6 Å². The SMILES string of the molecule is Cc1sc(NC(=O)Nc2nccc(Cl)n2)c(C(=O)O)c1C. The molecule has 0 bridgehead atoms. The summed E-state index contributed by atoms with van der Waals surface area (Å²) in [7, 11) is 0. The fourth-order valence-electron chi connectivity index (χ4n) is 1.61. The average Bonchev–Trinajstić information content (AvgIpc) is 2.64. The lowest BCUT2D eigenvalue weighted by Crippen LogP contribution is -2.21. The highest BCUT2D eigenvalue weighted by molar-refractivity contribution is 7.16. The van der Waals surface area contributed by atoms with Crippen LogP contribution in [0.1, 0.15) is 20.8 Å². The van der Waals surface area contributed by atoms with Crippen LogP contribution in [0, 0.1) is 13.8 Å². The summed E-state index contributed by atoms with van der Waals surface area (Å²) in [6, 6.07) is 0.833. The number of carbonyl (C=O) groups excluding carboxylic acids is 1. The number of hydrogen-bond donors (Lipinski definition) is 3. The van der Waals surface area contributed by atoms with E-state index in [2.05, 4.69) is 20.6 Å². The van der Waals surface area contributed by atoms with Gasteiger partial charge in [-0.1, -0.05) is 11.6 Å². The molecule has 2 aromatic rings. The molecular weight excluding hydrogens is 316 g/mol. The summed E-state index contributed by atoms with van der Waals surface area (Å²) >= 11 is 6.87. The van der Waals surface area contributed by atoms with Crippen molar-refractivity contribution >= 4 is 45.9 Å². The first-order valence-electron chi connectivity index (χ1n) is 5.78. The lowest BCUT2D eigenvalue weighted by atomic mass is 10.1. The second-order valence-corrected chi connectivity index (χ2v) is 5.69. The summed E-state index contributed by atoms with van der Waals surface area (Å²) in [5.41, 5.74) is 0.710. The van der Waals surface area contributed by atoms with E-state index in [-0.39, 0.29) is 21.7 Å². The van der Waals surface area contributed by atoms with E-state index in [4.69, 9.17) is 11.6 Å². The van der Waals surface area contributed by atoms with E-state index in [1.54, 1.807) is 13.8 Å². The van der Waals surface area contributed by atoms with E-state index in [1.807, 2.05) is 0 Å². The van der Waals surface area contributed by atoms with Crippen LogP contribution in [0.2, 0.25) is 5.15 Å². The second kappa shape index (κ2) is 6.06. The van der Waals surface area contributed by atoms with E-state index < -0.39 is 12.0 Å². The molecule has 2 amide bonds. The molecule has 0 aromatic carbocycles. The maximum absolute atomic E-state index is 11.9. The number of hydrogen-bond acceptors (Lipinski definition) is 5. The number of urea groups is 1. The van der Waals surface area contributed by atoms with Gasteiger partial charge in [0.1, 0.15) is 10.2 Å². The standard InChI is InChI=1S/C12H11ClN4O3S/c1-5-6(2)21-9(8(5)10(18)19)16-12(20)17-11-14-4-3-7(13)15-11/h3-4H,1-2H3,(H,18,19)(H2,14,15,16,17,20). The Morgan fingerprint density at radius 2 is 2.05 bits per heavy atom. The number of nitrogens with one attached hydrogen (secondary N) is 2. The van der Waals surface area contributed by atoms with Crippen molar-refractivity contribution in [2.45, 2.75) is 13.8 Å². The predicted molar refractivity (Wildman–Crippen MR) is 80.4 cm³/mol. The highest BCUT2D eigenvalue weighted by Crippen LogP contribution is 2.32. The van der Waals surface area contributed by atoms with Crippen LogP contribution in [-0.2, 0) is 0 Å². The molecule has 110 valence electrons. The zero-order chi connectivity index (χ0) is 15.6. The molecule has 21 heavy (non-hydrogen) atoms. The van der Waals surface area contributed by atoms with Gasteiger partial charge in [0.05, 0.1) is 5.56 Å². The Bertz CT molecular complexity index is 717. The number of rotatable bonds is 3. The maximum atomic E-state index is 11.9. The molecule has 2 rings (SSSR count). The summed E-state index contributed by atoms with van der Waals surface area (Å²) in [5.74, 6) is -1.06. The predicted octanol–water partition coefficient (Wildman–Crippen LogP) is 3.15. The number of carboxylic acids is 1. The first-order chi connectivity index (χ1) is 9.88. The number of halogens is 1. The zero-order valence-corrected chi connectivity index (χ0v) is 12.7. The molecule has 9 heteroatoms. The van der Waals surface area contributed by atoms with Gasteiger partial charge in [0.15, 0.2) is 0 Å². The van der Waals surface area contributed by atoms with Gasteiger partial charge in [0, 0.05) is 11.1 Å². The van der Waals surface area contributed by atoms with Crippen molar-refractivity contribution in [3.63, 3.8) is 0 Å². The Balaban J connectivity index is 2.17. The first-order valence-corrected chi connectivity index (χ1v) is 6.97. The molecule has 2 aromatic heterocycles. The Morgan fingerprint density at radius 1 is 1.33 bits per heavy atom. The monoisotopic (exact) mass is 326 g/mol. The Kier molecular flexibility index (Phi) is 4.39. The molecule has 7 nitrogen and oxygen atoms in total. The summed E-state index contributed by atoms with van der Waals surface area (Å²) in [4.78, 5) is 31.5. The van der Waals surface area contributed by atoms with E-state index >= 15 is 0 Å². The number of aromatic nitrogens is 2. The van der Waals surface area contributed by atoms with Crippen molar-refractivity contribution in [3.8, 4) is 0 Å². The van der Waals surface area contributed by atoms with Crippen LogP contribution >= 0.6 is 22.9 Å². The van der Waals surface area contributed by atoms with Gasteiger partial charge in [-0.15, -0.1) is 11.3 Å². The van der Waals surface area contributed by atoms with Crippen molar-refractivity contribution in [3.05, 3.63) is 33.4 Å². The topological polar surface area (TPSA) is 104 Å². The fourth-order valence-corrected chi connectivity index (χ4v) is 2.79. The van der Waals surface area contributed by atoms with Gasteiger partial charge < -0.3 is 5.11 Å². The molecule has 0 atom stereocenters. The number of anilines is 2. The number of aromatic carboxylic acids is 1. The molecule has 0 spiro atoms. The van der Waals surface area contributed by atoms with Gasteiger partial charge in [-0.25, -0.2) is 19.6 Å². The molecular formula is C12H11ClN4O3S. The van der Waals surface area contributed by atoms with Gasteiger partial charge >= 0.3 is 12.0 Å². The number of amides is 2. The molecule has 0 aliphatic rings. The molecule has 3 N–H and O–H groups in total. The van der Waals surface area contributed by atoms with E-state index in [9.17, 15) is 14.7 Å². The normalized spacial score (nSPS) is 10.2. The van der Waals surface area contributed by atoms with Gasteiger partial charge in [-0.2, -0.15) is 0 Å². The number of aryl methyl sites for hydroxylation is 1. The number of thiophene rings is 1. The minimum atomic E-state index is -1.09. The third kappa shape index (κ3) is 3.47. The van der Waals surface area contributed by atoms with E-state index in [0.717, 1.165) is 4.88 Å². The zero-order valence-electron chi connectivity index (χ0n) is 11.1. The van der Waals surface area contributed by atoms with Gasteiger partial charge in [-0.3, -0.25) is 10.6 Å². The van der Waals surface area contributed by atoms with E-state index in [1.165, 1.54) is 23.6 Å². The van der Waals surface area contributed by atoms with Crippen LogP contribution in [0.4, 0.5) is 15.7 Å². The quantitative estimate of drug-likeness (QED) is 0.751. The van der Waals surface area contributed by atoms with Crippen molar-refractivity contribution in [2.24, 2.45) is 0 Å². The van der Waals surface area contributed by atoms with E-state index in [0.29, 0.717) is 5.56 Å². The molecule has 0 saturated heterocycles. The van der Waals surface area contributed by atoms with Crippen molar-refractivity contribution in [2.75, 3.05) is 10.6 Å². The molecule has 2 heterocycles. The Hall–Kier alpha value is -2.19. The lowest BCUT2D eigenvalue weighted by Gasteiger charge is -2.05. The smallest absolute Gasteiger partial charge is 0.338 e. The highest BCUT2D eigenvalue weighted by Gasteiger charge is 2.20.